The van der Waals surface area contributed by atoms with E-state index in [4.69, 9.17) is 37.6 Å². The number of phenolic OH excluding ortho intramolecular Hbond substituents is 3. The Kier molecular flexibility index (Phi) is 10.9. The number of hydrogen-bond donors (Lipinski definition) is 8. The summed E-state index contributed by atoms with van der Waals surface area (Å²) < 4.78 is 44.1. The van der Waals surface area contributed by atoms with Crippen LogP contribution >= 0.6 is 0 Å². The Labute approximate surface area is 298 Å². The molecule has 8 N–H and O–H groups in total. The highest BCUT2D eigenvalue weighted by molar-refractivity contribution is 5.98. The van der Waals surface area contributed by atoms with Crippen molar-refractivity contribution in [1.82, 2.24) is 0 Å². The molecule has 9 atom stereocenters. The third-order valence-corrected chi connectivity index (χ3v) is 8.67. The normalized spacial score (nSPS) is 27.6. The second kappa shape index (κ2) is 15.4. The van der Waals surface area contributed by atoms with Gasteiger partial charge < -0.3 is 78.4 Å². The predicted molar refractivity (Wildman–Crippen MR) is 178 cm³/mol. The molecule has 0 spiro atoms. The van der Waals surface area contributed by atoms with Crippen molar-refractivity contribution in [1.29, 1.82) is 0 Å². The lowest BCUT2D eigenvalue weighted by atomic mass is 9.99. The lowest BCUT2D eigenvalue weighted by Crippen LogP contribution is -2.61. The summed E-state index contributed by atoms with van der Waals surface area (Å²) in [6.45, 7) is -1.07. The van der Waals surface area contributed by atoms with Gasteiger partial charge in [-0.15, -0.1) is 0 Å². The highest BCUT2D eigenvalue weighted by Crippen LogP contribution is 2.38. The van der Waals surface area contributed by atoms with Crippen molar-refractivity contribution in [3.8, 4) is 34.5 Å². The van der Waals surface area contributed by atoms with E-state index in [1.807, 2.05) is 0 Å². The van der Waals surface area contributed by atoms with E-state index < -0.39 is 91.4 Å². The highest BCUT2D eigenvalue weighted by Gasteiger charge is 2.47. The summed E-state index contributed by atoms with van der Waals surface area (Å²) in [5, 5.41) is 83.2. The maximum absolute atomic E-state index is 13.6. The first-order valence-corrected chi connectivity index (χ1v) is 16.0. The largest absolute Gasteiger partial charge is 0.508 e. The van der Waals surface area contributed by atoms with Crippen LogP contribution in [-0.2, 0) is 23.7 Å². The smallest absolute Gasteiger partial charge is 0.331 e. The number of carbonyl (C=O) groups is 1. The summed E-state index contributed by atoms with van der Waals surface area (Å²) in [6, 6.07) is 9.01. The van der Waals surface area contributed by atoms with Crippen LogP contribution in [0.5, 0.6) is 34.5 Å². The van der Waals surface area contributed by atoms with Gasteiger partial charge in [-0.25, -0.2) is 4.79 Å². The molecule has 3 aromatic carbocycles. The molecule has 9 unspecified atom stereocenters. The van der Waals surface area contributed by atoms with Crippen LogP contribution in [-0.4, -0.2) is 130 Å². The summed E-state index contributed by atoms with van der Waals surface area (Å²) in [6.07, 6.45) is -12.9. The lowest BCUT2D eigenvalue weighted by Gasteiger charge is -2.41. The molecule has 2 saturated heterocycles. The first kappa shape index (κ1) is 37.6. The molecule has 18 nitrogen and oxygen atoms in total. The summed E-state index contributed by atoms with van der Waals surface area (Å²) in [5.41, 5.74) is -0.656. The molecular weight excluding hydrogens is 708 g/mol. The quantitative estimate of drug-likeness (QED) is 0.0602. The van der Waals surface area contributed by atoms with Gasteiger partial charge in [0.1, 0.15) is 70.2 Å². The molecule has 0 saturated carbocycles. The van der Waals surface area contributed by atoms with Gasteiger partial charge in [-0.05, 0) is 35.9 Å². The van der Waals surface area contributed by atoms with Crippen LogP contribution < -0.4 is 19.6 Å². The SMILES string of the molecule is COc1cc(C=CC(=O)OC2C(OCC3OC(Oc4cc(O)cc5oc6c(OC)ccc(O)c6c(=O)c45)C(O)C(O)C3O)OCC(O)C2O)ccc1O. The number of aromatic hydroxyl groups is 3. The third-order valence-electron chi connectivity index (χ3n) is 8.67. The zero-order valence-electron chi connectivity index (χ0n) is 28.0. The molecular formula is C35H36O18. The number of fused-ring (bicyclic) bond motifs is 2. The standard InChI is InChI=1S/C35H36O18/c1-46-19-7-6-17(38)25-29(43)26-21(50-32(19)25)10-15(36)11-22(26)51-34-31(45)30(44)28(42)23(52-34)13-49-35-33(27(41)18(39)12-48-35)53-24(40)8-4-14-3-5-16(37)20(9-14)47-2/h3-11,18,23,27-28,30-31,33-39,41-42,44-45H,12-13H2,1-2H3. The molecule has 2 aliphatic heterocycles. The molecule has 53 heavy (non-hydrogen) atoms. The number of aliphatic hydroxyl groups is 5. The number of methoxy groups -OCH3 is 2. The Balaban J connectivity index is 1.20. The molecule has 18 heteroatoms. The van der Waals surface area contributed by atoms with Crippen molar-refractivity contribution >= 4 is 34.0 Å². The van der Waals surface area contributed by atoms with E-state index in [-0.39, 0.29) is 44.9 Å². The maximum Gasteiger partial charge on any atom is 0.331 e. The van der Waals surface area contributed by atoms with E-state index in [2.05, 4.69) is 0 Å². The van der Waals surface area contributed by atoms with Crippen molar-refractivity contribution < 1.29 is 83.2 Å². The molecule has 2 aliphatic rings. The van der Waals surface area contributed by atoms with E-state index in [1.54, 1.807) is 0 Å². The van der Waals surface area contributed by atoms with Crippen LogP contribution in [0.4, 0.5) is 0 Å². The fourth-order valence-electron chi connectivity index (χ4n) is 5.88. The van der Waals surface area contributed by atoms with Gasteiger partial charge in [-0.1, -0.05) is 6.07 Å². The summed E-state index contributed by atoms with van der Waals surface area (Å²) >= 11 is 0. The molecule has 4 aromatic rings. The van der Waals surface area contributed by atoms with Crippen LogP contribution in [0.3, 0.4) is 0 Å². The monoisotopic (exact) mass is 744 g/mol. The number of benzene rings is 3. The molecule has 0 aliphatic carbocycles. The number of rotatable bonds is 10. The van der Waals surface area contributed by atoms with Crippen molar-refractivity contribution in [2.45, 2.75) is 55.3 Å². The van der Waals surface area contributed by atoms with Crippen LogP contribution in [0.15, 0.2) is 57.8 Å². The third kappa shape index (κ3) is 7.52. The summed E-state index contributed by atoms with van der Waals surface area (Å²) in [5.74, 6) is -2.09. The van der Waals surface area contributed by atoms with E-state index in [0.29, 0.717) is 5.56 Å². The fourth-order valence-corrected chi connectivity index (χ4v) is 5.88. The zero-order valence-corrected chi connectivity index (χ0v) is 28.0. The maximum atomic E-state index is 13.6. The van der Waals surface area contributed by atoms with Crippen LogP contribution in [0, 0.1) is 0 Å². The molecule has 2 fully saturated rings. The van der Waals surface area contributed by atoms with Gasteiger partial charge in [0.25, 0.3) is 0 Å². The van der Waals surface area contributed by atoms with Gasteiger partial charge in [-0.3, -0.25) is 4.79 Å². The molecule has 1 aromatic heterocycles. The average Bonchev–Trinajstić information content (AvgIpc) is 3.13. The van der Waals surface area contributed by atoms with Crippen LogP contribution in [0.1, 0.15) is 5.56 Å². The predicted octanol–water partition coefficient (Wildman–Crippen LogP) is -0.0135. The highest BCUT2D eigenvalue weighted by atomic mass is 16.7. The van der Waals surface area contributed by atoms with E-state index in [0.717, 1.165) is 18.2 Å². The Bertz CT molecular complexity index is 2060. The molecule has 3 heterocycles. The first-order chi connectivity index (χ1) is 25.3. The van der Waals surface area contributed by atoms with Gasteiger partial charge in [-0.2, -0.15) is 0 Å². The number of aliphatic hydroxyl groups excluding tert-OH is 5. The molecule has 6 rings (SSSR count). The van der Waals surface area contributed by atoms with Gasteiger partial charge in [0, 0.05) is 18.2 Å². The number of esters is 1. The molecule has 0 bridgehead atoms. The Hall–Kier alpha value is -5.18. The van der Waals surface area contributed by atoms with Gasteiger partial charge in [0.2, 0.25) is 11.7 Å². The van der Waals surface area contributed by atoms with Crippen LogP contribution in [0.25, 0.3) is 28.0 Å². The van der Waals surface area contributed by atoms with E-state index >= 15 is 0 Å². The number of ether oxygens (including phenoxy) is 7. The molecule has 0 radical (unpaired) electrons. The van der Waals surface area contributed by atoms with Gasteiger partial charge in [0.15, 0.2) is 35.2 Å². The van der Waals surface area contributed by atoms with Crippen molar-refractivity contribution in [3.05, 3.63) is 64.3 Å². The van der Waals surface area contributed by atoms with Crippen molar-refractivity contribution in [3.63, 3.8) is 0 Å². The minimum Gasteiger partial charge on any atom is -0.508 e. The summed E-state index contributed by atoms with van der Waals surface area (Å²) in [4.78, 5) is 26.4. The number of phenols is 3. The van der Waals surface area contributed by atoms with E-state index in [1.165, 1.54) is 50.6 Å². The summed E-state index contributed by atoms with van der Waals surface area (Å²) in [7, 11) is 2.67. The molecule has 0 amide bonds. The number of carbonyl (C=O) groups excluding carboxylic acids is 1. The second-order valence-electron chi connectivity index (χ2n) is 12.1. The average molecular weight is 745 g/mol. The Morgan fingerprint density at radius 1 is 0.830 bits per heavy atom. The van der Waals surface area contributed by atoms with Crippen molar-refractivity contribution in [2.75, 3.05) is 27.4 Å². The minimum atomic E-state index is -1.92. The van der Waals surface area contributed by atoms with Crippen LogP contribution in [0.2, 0.25) is 0 Å². The fraction of sp³-hybridized carbons (Fsp3) is 0.371. The lowest BCUT2D eigenvalue weighted by molar-refractivity contribution is -0.308. The van der Waals surface area contributed by atoms with E-state index in [9.17, 15) is 50.4 Å². The Morgan fingerprint density at radius 2 is 1.57 bits per heavy atom. The molecule has 284 valence electrons. The number of hydrogen-bond acceptors (Lipinski definition) is 18. The Morgan fingerprint density at radius 3 is 2.30 bits per heavy atom. The van der Waals surface area contributed by atoms with Crippen molar-refractivity contribution in [2.24, 2.45) is 0 Å². The minimum absolute atomic E-state index is 0.112. The van der Waals surface area contributed by atoms with Gasteiger partial charge >= 0.3 is 5.97 Å². The van der Waals surface area contributed by atoms with Gasteiger partial charge in [0.05, 0.1) is 27.4 Å². The topological polar surface area (TPSA) is 274 Å². The second-order valence-corrected chi connectivity index (χ2v) is 12.1. The first-order valence-electron chi connectivity index (χ1n) is 16.0. The zero-order chi connectivity index (χ0) is 38.1.